The van der Waals surface area contributed by atoms with E-state index < -0.39 is 4.92 Å². The summed E-state index contributed by atoms with van der Waals surface area (Å²) in [7, 11) is 0. The van der Waals surface area contributed by atoms with Crippen molar-refractivity contribution in [2.75, 3.05) is 29.9 Å². The van der Waals surface area contributed by atoms with Crippen molar-refractivity contribution in [3.05, 3.63) is 45.7 Å². The van der Waals surface area contributed by atoms with E-state index in [0.29, 0.717) is 17.3 Å². The maximum absolute atomic E-state index is 11.5. The Kier molecular flexibility index (Phi) is 5.67. The number of aliphatic hydroxyl groups excluding tert-OH is 1. The van der Waals surface area contributed by atoms with Crippen molar-refractivity contribution in [3.63, 3.8) is 0 Å². The highest BCUT2D eigenvalue weighted by Gasteiger charge is 2.26. The fourth-order valence-corrected chi connectivity index (χ4v) is 2.19. The maximum Gasteiger partial charge on any atom is 0.353 e. The molecule has 0 amide bonds. The van der Waals surface area contributed by atoms with Crippen molar-refractivity contribution in [3.8, 4) is 0 Å². The topological polar surface area (TPSA) is 104 Å². The lowest BCUT2D eigenvalue weighted by Crippen LogP contribution is -2.28. The Labute approximate surface area is 137 Å². The molecule has 0 saturated heterocycles. The first-order chi connectivity index (χ1) is 11.1. The van der Waals surface area contributed by atoms with E-state index in [9.17, 15) is 10.1 Å². The Balaban J connectivity index is 2.43. The van der Waals surface area contributed by atoms with Gasteiger partial charge in [0.2, 0.25) is 11.6 Å². The average molecular weight is 338 g/mol. The molecular weight excluding hydrogens is 322 g/mol. The molecule has 0 bridgehead atoms. The van der Waals surface area contributed by atoms with Crippen LogP contribution in [0.5, 0.6) is 0 Å². The number of hydrogen-bond acceptors (Lipinski definition) is 7. The first-order valence-electron chi connectivity index (χ1n) is 6.94. The van der Waals surface area contributed by atoms with Crippen LogP contribution >= 0.6 is 11.6 Å². The zero-order valence-electron chi connectivity index (χ0n) is 12.4. The largest absolute Gasteiger partial charge is 0.395 e. The van der Waals surface area contributed by atoms with E-state index in [4.69, 9.17) is 16.7 Å². The van der Waals surface area contributed by atoms with Crippen LogP contribution in [0.2, 0.25) is 5.02 Å². The van der Waals surface area contributed by atoms with E-state index in [1.807, 2.05) is 6.92 Å². The first-order valence-corrected chi connectivity index (χ1v) is 7.32. The van der Waals surface area contributed by atoms with Crippen LogP contribution in [0.1, 0.15) is 6.92 Å². The predicted octanol–water partition coefficient (Wildman–Crippen LogP) is 2.60. The van der Waals surface area contributed by atoms with E-state index in [1.54, 1.807) is 29.2 Å². The van der Waals surface area contributed by atoms with Gasteiger partial charge in [-0.3, -0.25) is 10.1 Å². The number of nitrogens with one attached hydrogen (secondary N) is 1. The summed E-state index contributed by atoms with van der Waals surface area (Å²) in [6, 6.07) is 6.72. The molecule has 2 N–H and O–H groups in total. The maximum atomic E-state index is 11.5. The molecule has 0 aliphatic carbocycles. The van der Waals surface area contributed by atoms with Gasteiger partial charge in [0, 0.05) is 23.8 Å². The quantitative estimate of drug-likeness (QED) is 0.591. The van der Waals surface area contributed by atoms with Gasteiger partial charge in [0.05, 0.1) is 11.5 Å². The van der Waals surface area contributed by atoms with Crippen molar-refractivity contribution in [2.45, 2.75) is 6.92 Å². The fraction of sp³-hybridized carbons (Fsp3) is 0.286. The van der Waals surface area contributed by atoms with E-state index >= 15 is 0 Å². The van der Waals surface area contributed by atoms with Crippen molar-refractivity contribution in [1.29, 1.82) is 0 Å². The lowest BCUT2D eigenvalue weighted by molar-refractivity contribution is -0.383. The summed E-state index contributed by atoms with van der Waals surface area (Å²) in [4.78, 5) is 20.5. The molecule has 1 aromatic heterocycles. The molecule has 0 aliphatic rings. The molecule has 1 heterocycles. The average Bonchev–Trinajstić information content (AvgIpc) is 2.54. The summed E-state index contributed by atoms with van der Waals surface area (Å²) in [6.45, 7) is 2.41. The molecule has 9 heteroatoms. The third-order valence-electron chi connectivity index (χ3n) is 3.14. The van der Waals surface area contributed by atoms with E-state index in [2.05, 4.69) is 15.3 Å². The minimum Gasteiger partial charge on any atom is -0.395 e. The summed E-state index contributed by atoms with van der Waals surface area (Å²) in [6.07, 6.45) is 1.25. The smallest absolute Gasteiger partial charge is 0.353 e. The van der Waals surface area contributed by atoms with Crippen LogP contribution in [0, 0.1) is 10.1 Å². The Morgan fingerprint density at radius 2 is 2.04 bits per heavy atom. The molecule has 0 unspecified atom stereocenters. The number of nitrogens with zero attached hydrogens (tertiary/aromatic N) is 4. The number of halogens is 1. The molecular formula is C14H16ClN5O3. The minimum absolute atomic E-state index is 0.0821. The van der Waals surface area contributed by atoms with Crippen LogP contribution in [-0.2, 0) is 0 Å². The summed E-state index contributed by atoms with van der Waals surface area (Å²) >= 11 is 5.82. The Morgan fingerprint density at radius 1 is 1.35 bits per heavy atom. The standard InChI is InChI=1S/C14H16ClN5O3/c1-2-19(7-8-21)14-12(20(22)23)13(16-9-17-14)18-11-5-3-10(15)4-6-11/h3-6,9,21H,2,7-8H2,1H3,(H,16,17,18). The molecule has 0 aliphatic heterocycles. The van der Waals surface area contributed by atoms with Gasteiger partial charge in [-0.25, -0.2) is 9.97 Å². The Hall–Kier alpha value is -2.45. The zero-order valence-corrected chi connectivity index (χ0v) is 13.2. The molecule has 0 saturated carbocycles. The number of hydrogen-bond donors (Lipinski definition) is 2. The van der Waals surface area contributed by atoms with Crippen LogP contribution in [0.15, 0.2) is 30.6 Å². The van der Waals surface area contributed by atoms with Crippen molar-refractivity contribution in [2.24, 2.45) is 0 Å². The molecule has 122 valence electrons. The van der Waals surface area contributed by atoms with E-state index in [-0.39, 0.29) is 30.5 Å². The lowest BCUT2D eigenvalue weighted by atomic mass is 10.3. The minimum atomic E-state index is -0.534. The lowest BCUT2D eigenvalue weighted by Gasteiger charge is -2.20. The number of likely N-dealkylation sites (N-methyl/N-ethyl adjacent to an activating group) is 1. The number of anilines is 3. The van der Waals surface area contributed by atoms with Gasteiger partial charge in [-0.1, -0.05) is 11.6 Å². The molecule has 2 aromatic rings. The summed E-state index contributed by atoms with van der Waals surface area (Å²) in [5.41, 5.74) is 0.380. The molecule has 0 fully saturated rings. The second kappa shape index (κ2) is 7.70. The van der Waals surface area contributed by atoms with Gasteiger partial charge in [0.25, 0.3) is 0 Å². The van der Waals surface area contributed by atoms with Crippen LogP contribution in [0.3, 0.4) is 0 Å². The number of aromatic nitrogens is 2. The first kappa shape index (κ1) is 16.9. The van der Waals surface area contributed by atoms with Crippen LogP contribution in [-0.4, -0.2) is 39.7 Å². The summed E-state index contributed by atoms with van der Waals surface area (Å²) in [5.74, 6) is 0.247. The van der Waals surface area contributed by atoms with Gasteiger partial charge in [-0.05, 0) is 31.2 Å². The van der Waals surface area contributed by atoms with Crippen LogP contribution in [0.25, 0.3) is 0 Å². The van der Waals surface area contributed by atoms with Gasteiger partial charge < -0.3 is 15.3 Å². The number of nitro groups is 1. The normalized spacial score (nSPS) is 10.4. The van der Waals surface area contributed by atoms with Crippen LogP contribution < -0.4 is 10.2 Å². The molecule has 1 aromatic carbocycles. The molecule has 23 heavy (non-hydrogen) atoms. The summed E-state index contributed by atoms with van der Waals surface area (Å²) in [5, 5.41) is 24.1. The van der Waals surface area contributed by atoms with Crippen molar-refractivity contribution in [1.82, 2.24) is 9.97 Å². The Morgan fingerprint density at radius 3 is 2.61 bits per heavy atom. The van der Waals surface area contributed by atoms with Gasteiger partial charge in [0.15, 0.2) is 0 Å². The predicted molar refractivity (Wildman–Crippen MR) is 88.4 cm³/mol. The highest BCUT2D eigenvalue weighted by atomic mass is 35.5. The number of benzene rings is 1. The van der Waals surface area contributed by atoms with E-state index in [0.717, 1.165) is 0 Å². The van der Waals surface area contributed by atoms with Gasteiger partial charge in [0.1, 0.15) is 6.33 Å². The highest BCUT2D eigenvalue weighted by molar-refractivity contribution is 6.30. The number of aliphatic hydroxyl groups is 1. The monoisotopic (exact) mass is 337 g/mol. The third-order valence-corrected chi connectivity index (χ3v) is 3.40. The van der Waals surface area contributed by atoms with Crippen molar-refractivity contribution < 1.29 is 10.0 Å². The highest BCUT2D eigenvalue weighted by Crippen LogP contribution is 2.33. The number of rotatable bonds is 7. The molecule has 8 nitrogen and oxygen atoms in total. The zero-order chi connectivity index (χ0) is 16.8. The second-order valence-electron chi connectivity index (χ2n) is 4.59. The Bertz CT molecular complexity index is 681. The van der Waals surface area contributed by atoms with Crippen LogP contribution in [0.4, 0.5) is 23.0 Å². The van der Waals surface area contributed by atoms with Gasteiger partial charge in [-0.15, -0.1) is 0 Å². The van der Waals surface area contributed by atoms with Crippen molar-refractivity contribution >= 4 is 34.6 Å². The SMILES string of the molecule is CCN(CCO)c1ncnc(Nc2ccc(Cl)cc2)c1[N+](=O)[O-]. The van der Waals surface area contributed by atoms with Gasteiger partial charge >= 0.3 is 5.69 Å². The molecule has 0 radical (unpaired) electrons. The summed E-state index contributed by atoms with van der Waals surface area (Å²) < 4.78 is 0. The second-order valence-corrected chi connectivity index (χ2v) is 5.02. The molecule has 0 spiro atoms. The third kappa shape index (κ3) is 4.05. The van der Waals surface area contributed by atoms with E-state index in [1.165, 1.54) is 6.33 Å². The fourth-order valence-electron chi connectivity index (χ4n) is 2.06. The molecule has 2 rings (SSSR count). The molecule has 0 atom stereocenters. The van der Waals surface area contributed by atoms with Gasteiger partial charge in [-0.2, -0.15) is 0 Å².